The molecule has 3 fully saturated rings. The molecule has 2 N–H and O–H groups in total. The highest BCUT2D eigenvalue weighted by Gasteiger charge is 2.35. The largest absolute Gasteiger partial charge is 0.378 e. The molecular formula is C27H37FN6OS. The van der Waals surface area contributed by atoms with E-state index in [1.54, 1.807) is 12.1 Å². The Hall–Kier alpha value is -2.52. The Balaban J connectivity index is 1.32. The molecule has 1 aromatic carbocycles. The van der Waals surface area contributed by atoms with Crippen molar-refractivity contribution < 1.29 is 9.13 Å². The molecule has 3 heterocycles. The summed E-state index contributed by atoms with van der Waals surface area (Å²) in [6.07, 6.45) is 8.07. The van der Waals surface area contributed by atoms with Crippen molar-refractivity contribution >= 4 is 34.9 Å². The highest BCUT2D eigenvalue weighted by molar-refractivity contribution is 7.80. The molecule has 1 saturated carbocycles. The zero-order valence-corrected chi connectivity index (χ0v) is 22.0. The molecule has 7 nitrogen and oxygen atoms in total. The van der Waals surface area contributed by atoms with Gasteiger partial charge in [0.05, 0.1) is 13.2 Å². The third-order valence-corrected chi connectivity index (χ3v) is 8.21. The summed E-state index contributed by atoms with van der Waals surface area (Å²) in [5.41, 5.74) is 1.13. The molecule has 1 atom stereocenters. The van der Waals surface area contributed by atoms with Gasteiger partial charge in [-0.1, -0.05) is 25.0 Å². The van der Waals surface area contributed by atoms with E-state index in [1.807, 2.05) is 12.1 Å². The number of hydrogen-bond acceptors (Lipinski definition) is 6. The van der Waals surface area contributed by atoms with Gasteiger partial charge >= 0.3 is 0 Å². The number of thiocarbonyl (C=S) groups is 1. The minimum absolute atomic E-state index is 0.0374. The van der Waals surface area contributed by atoms with Gasteiger partial charge in [-0.05, 0) is 68.9 Å². The number of ether oxygens (including phenoxy) is 1. The fourth-order valence-corrected chi connectivity index (χ4v) is 6.00. The molecule has 0 amide bonds. The topological polar surface area (TPSA) is 65.6 Å². The smallest absolute Gasteiger partial charge is 0.232 e. The Labute approximate surface area is 218 Å². The van der Waals surface area contributed by atoms with Crippen LogP contribution in [-0.2, 0) is 10.2 Å². The summed E-state index contributed by atoms with van der Waals surface area (Å²) >= 11 is 5.70. The van der Waals surface area contributed by atoms with Crippen molar-refractivity contribution in [1.82, 2.24) is 15.3 Å². The molecule has 0 spiro atoms. The van der Waals surface area contributed by atoms with Crippen LogP contribution in [0.2, 0.25) is 0 Å². The molecule has 1 aromatic heterocycles. The van der Waals surface area contributed by atoms with E-state index >= 15 is 0 Å². The first kappa shape index (κ1) is 25.1. The van der Waals surface area contributed by atoms with E-state index in [0.29, 0.717) is 36.9 Å². The van der Waals surface area contributed by atoms with Crippen LogP contribution in [0, 0.1) is 5.82 Å². The van der Waals surface area contributed by atoms with E-state index in [-0.39, 0.29) is 11.2 Å². The lowest BCUT2D eigenvalue weighted by Gasteiger charge is -2.35. The van der Waals surface area contributed by atoms with Crippen LogP contribution in [-0.4, -0.2) is 60.5 Å². The van der Waals surface area contributed by atoms with Crippen molar-refractivity contribution in [2.45, 2.75) is 63.3 Å². The molecule has 1 aliphatic carbocycles. The number of nitrogens with one attached hydrogen (secondary N) is 2. The summed E-state index contributed by atoms with van der Waals surface area (Å²) in [6.45, 7) is 7.00. The van der Waals surface area contributed by atoms with Gasteiger partial charge in [-0.3, -0.25) is 0 Å². The van der Waals surface area contributed by atoms with Crippen LogP contribution in [0.25, 0.3) is 0 Å². The van der Waals surface area contributed by atoms with E-state index < -0.39 is 0 Å². The molecule has 2 saturated heterocycles. The number of rotatable bonds is 6. The monoisotopic (exact) mass is 512 g/mol. The van der Waals surface area contributed by atoms with Crippen molar-refractivity contribution in [3.8, 4) is 0 Å². The maximum absolute atomic E-state index is 13.5. The Morgan fingerprint density at radius 3 is 2.50 bits per heavy atom. The van der Waals surface area contributed by atoms with Gasteiger partial charge in [-0.15, -0.1) is 0 Å². The molecule has 0 bridgehead atoms. The number of anilines is 3. The molecule has 2 aromatic rings. The number of piperidine rings is 1. The molecule has 5 rings (SSSR count). The minimum atomic E-state index is -0.201. The fraction of sp³-hybridized carbons (Fsp3) is 0.593. The number of nitrogens with zero attached hydrogens (tertiary/aromatic N) is 4. The fourth-order valence-electron chi connectivity index (χ4n) is 5.84. The normalized spacial score (nSPS) is 21.9. The Morgan fingerprint density at radius 2 is 1.78 bits per heavy atom. The summed E-state index contributed by atoms with van der Waals surface area (Å²) in [4.78, 5) is 14.4. The van der Waals surface area contributed by atoms with Crippen molar-refractivity contribution in [2.24, 2.45) is 0 Å². The van der Waals surface area contributed by atoms with Gasteiger partial charge in [-0.25, -0.2) is 4.39 Å². The van der Waals surface area contributed by atoms with Crippen molar-refractivity contribution in [3.63, 3.8) is 0 Å². The minimum Gasteiger partial charge on any atom is -0.378 e. The third kappa shape index (κ3) is 5.72. The van der Waals surface area contributed by atoms with Gasteiger partial charge in [-0.2, -0.15) is 9.97 Å². The Bertz CT molecular complexity index is 1040. The van der Waals surface area contributed by atoms with Crippen LogP contribution in [0.5, 0.6) is 0 Å². The summed E-state index contributed by atoms with van der Waals surface area (Å²) < 4.78 is 19.1. The number of benzene rings is 1. The molecule has 3 aliphatic rings. The highest BCUT2D eigenvalue weighted by atomic mass is 32.1. The van der Waals surface area contributed by atoms with Gasteiger partial charge in [0.25, 0.3) is 0 Å². The quantitative estimate of drug-likeness (QED) is 0.544. The maximum atomic E-state index is 13.5. The molecule has 36 heavy (non-hydrogen) atoms. The first-order chi connectivity index (χ1) is 17.5. The van der Waals surface area contributed by atoms with Crippen LogP contribution in [0.4, 0.5) is 22.0 Å². The zero-order chi connectivity index (χ0) is 25.0. The first-order valence-corrected chi connectivity index (χ1v) is 13.7. The second kappa shape index (κ2) is 11.3. The van der Waals surface area contributed by atoms with Crippen LogP contribution in [0.15, 0.2) is 30.3 Å². The molecular weight excluding hydrogens is 475 g/mol. The van der Waals surface area contributed by atoms with Crippen molar-refractivity contribution in [2.75, 3.05) is 54.5 Å². The summed E-state index contributed by atoms with van der Waals surface area (Å²) in [7, 11) is 0. The van der Waals surface area contributed by atoms with Crippen LogP contribution in [0.3, 0.4) is 0 Å². The number of halogens is 1. The second-order valence-corrected chi connectivity index (χ2v) is 10.8. The summed E-state index contributed by atoms with van der Waals surface area (Å²) in [5, 5.41) is 7.22. The number of hydrogen-bond donors (Lipinski definition) is 2. The van der Waals surface area contributed by atoms with E-state index in [0.717, 1.165) is 44.1 Å². The highest BCUT2D eigenvalue weighted by Crippen LogP contribution is 2.40. The standard InChI is InChI=1S/C27H37FN6OS/c1-20-6-2-5-13-34(20)24-18-23(33-14-16-35-17-15-33)30-25(31-24)32-26(36)29-19-27(11-3-4-12-27)21-7-9-22(28)10-8-21/h7-10,18,20H,2-6,11-17,19H2,1H3,(H2,29,30,31,32,36). The van der Waals surface area contributed by atoms with Crippen LogP contribution >= 0.6 is 12.2 Å². The lowest BCUT2D eigenvalue weighted by molar-refractivity contribution is 0.122. The predicted octanol–water partition coefficient (Wildman–Crippen LogP) is 4.63. The lowest BCUT2D eigenvalue weighted by atomic mass is 9.79. The predicted molar refractivity (Wildman–Crippen MR) is 146 cm³/mol. The second-order valence-electron chi connectivity index (χ2n) is 10.3. The van der Waals surface area contributed by atoms with Gasteiger partial charge in [0.1, 0.15) is 17.5 Å². The number of morpholine rings is 1. The average molecular weight is 513 g/mol. The average Bonchev–Trinajstić information content (AvgIpc) is 3.39. The summed E-state index contributed by atoms with van der Waals surface area (Å²) in [6, 6.07) is 9.50. The van der Waals surface area contributed by atoms with E-state index in [4.69, 9.17) is 26.9 Å². The molecule has 194 valence electrons. The van der Waals surface area contributed by atoms with Gasteiger partial charge < -0.3 is 25.2 Å². The first-order valence-electron chi connectivity index (χ1n) is 13.3. The lowest BCUT2D eigenvalue weighted by Crippen LogP contribution is -2.42. The van der Waals surface area contributed by atoms with Crippen LogP contribution < -0.4 is 20.4 Å². The van der Waals surface area contributed by atoms with Gasteiger partial charge in [0.15, 0.2) is 5.11 Å². The number of aromatic nitrogens is 2. The molecule has 2 aliphatic heterocycles. The third-order valence-electron chi connectivity index (χ3n) is 7.96. The van der Waals surface area contributed by atoms with Crippen molar-refractivity contribution in [3.05, 3.63) is 41.7 Å². The van der Waals surface area contributed by atoms with E-state index in [9.17, 15) is 4.39 Å². The van der Waals surface area contributed by atoms with Gasteiger partial charge in [0, 0.05) is 43.7 Å². The Kier molecular flexibility index (Phi) is 7.86. The van der Waals surface area contributed by atoms with Gasteiger partial charge in [0.2, 0.25) is 5.95 Å². The van der Waals surface area contributed by atoms with Crippen LogP contribution in [0.1, 0.15) is 57.4 Å². The van der Waals surface area contributed by atoms with Crippen molar-refractivity contribution in [1.29, 1.82) is 0 Å². The zero-order valence-electron chi connectivity index (χ0n) is 21.1. The SMILES string of the molecule is CC1CCCCN1c1cc(N2CCOCC2)nc(NC(=S)NCC2(c3ccc(F)cc3)CCCC2)n1. The summed E-state index contributed by atoms with van der Waals surface area (Å²) in [5.74, 6) is 2.17. The molecule has 9 heteroatoms. The Morgan fingerprint density at radius 1 is 1.06 bits per heavy atom. The molecule has 1 unspecified atom stereocenters. The van der Waals surface area contributed by atoms with E-state index in [1.165, 1.54) is 37.7 Å². The molecule has 0 radical (unpaired) electrons. The van der Waals surface area contributed by atoms with E-state index in [2.05, 4.69) is 33.4 Å². The maximum Gasteiger partial charge on any atom is 0.232 e.